The fourth-order valence-electron chi connectivity index (χ4n) is 2.64. The van der Waals surface area contributed by atoms with E-state index in [1.165, 1.54) is 0 Å². The number of nitrogens with zero attached hydrogens (tertiary/aromatic N) is 1. The summed E-state index contributed by atoms with van der Waals surface area (Å²) in [6.45, 7) is 1.92. The van der Waals surface area contributed by atoms with Crippen molar-refractivity contribution >= 4 is 17.8 Å². The van der Waals surface area contributed by atoms with Gasteiger partial charge in [-0.25, -0.2) is 14.1 Å². The number of hydrogen-bond donors (Lipinski definition) is 1. The molecule has 1 N–H and O–H groups in total. The van der Waals surface area contributed by atoms with E-state index in [9.17, 15) is 18.8 Å². The minimum Gasteiger partial charge on any atom is -0.478 e. The molecule has 1 saturated heterocycles. The molecule has 16 heavy (non-hydrogen) atoms. The summed E-state index contributed by atoms with van der Waals surface area (Å²) >= 11 is 0. The van der Waals surface area contributed by atoms with E-state index in [4.69, 9.17) is 5.11 Å². The van der Waals surface area contributed by atoms with Crippen LogP contribution >= 0.6 is 0 Å². The summed E-state index contributed by atoms with van der Waals surface area (Å²) in [5.74, 6) is -3.91. The van der Waals surface area contributed by atoms with Gasteiger partial charge in [-0.05, 0) is 18.8 Å². The molecule has 1 aliphatic carbocycles. The molecule has 2 rings (SSSR count). The van der Waals surface area contributed by atoms with Crippen LogP contribution in [0.5, 0.6) is 0 Å². The highest BCUT2D eigenvalue weighted by atomic mass is 19.1. The second kappa shape index (κ2) is 3.54. The zero-order chi connectivity index (χ0) is 12.0. The largest absolute Gasteiger partial charge is 0.478 e. The highest BCUT2D eigenvalue weighted by Gasteiger charge is 2.55. The number of hydrogen-bond acceptors (Lipinski definition) is 3. The van der Waals surface area contributed by atoms with Crippen molar-refractivity contribution in [1.29, 1.82) is 0 Å². The summed E-state index contributed by atoms with van der Waals surface area (Å²) in [5, 5.41) is 8.47. The van der Waals surface area contributed by atoms with E-state index < -0.39 is 35.9 Å². The molecule has 1 heterocycles. The van der Waals surface area contributed by atoms with Gasteiger partial charge in [0.05, 0.1) is 11.8 Å². The molecule has 2 amide bonds. The minimum absolute atomic E-state index is 0.257. The third-order valence-electron chi connectivity index (χ3n) is 3.34. The molecule has 5 nitrogen and oxygen atoms in total. The summed E-state index contributed by atoms with van der Waals surface area (Å²) in [7, 11) is 0. The van der Waals surface area contributed by atoms with Crippen molar-refractivity contribution in [3.8, 4) is 0 Å². The van der Waals surface area contributed by atoms with Gasteiger partial charge in [0.2, 0.25) is 11.8 Å². The number of imide groups is 1. The number of fused-ring (bicyclic) bond motifs is 1. The maximum atomic E-state index is 13.2. The van der Waals surface area contributed by atoms with Gasteiger partial charge in [0, 0.05) is 0 Å². The third-order valence-corrected chi connectivity index (χ3v) is 3.34. The number of rotatable bonds is 2. The number of amides is 2. The van der Waals surface area contributed by atoms with Crippen molar-refractivity contribution in [3.05, 3.63) is 0 Å². The zero-order valence-corrected chi connectivity index (χ0v) is 8.72. The molecular weight excluding hydrogens is 217 g/mol. The first kappa shape index (κ1) is 11.0. The molecule has 6 heteroatoms. The molecule has 0 radical (unpaired) electrons. The third kappa shape index (κ3) is 1.40. The van der Waals surface area contributed by atoms with Gasteiger partial charge in [-0.3, -0.25) is 9.59 Å². The van der Waals surface area contributed by atoms with Gasteiger partial charge in [0.1, 0.15) is 0 Å². The smallest absolute Gasteiger partial charge is 0.360 e. The van der Waals surface area contributed by atoms with E-state index in [-0.39, 0.29) is 10.8 Å². The van der Waals surface area contributed by atoms with Crippen molar-refractivity contribution in [2.45, 2.75) is 26.1 Å². The number of carboxylic acids is 1. The lowest BCUT2D eigenvalue weighted by Gasteiger charge is -2.17. The van der Waals surface area contributed by atoms with E-state index in [2.05, 4.69) is 0 Å². The SMILES string of the molecule is CC1CC2C(=O)N(C(F)C(=O)O)C(=O)C2C1. The van der Waals surface area contributed by atoms with Crippen LogP contribution in [0.3, 0.4) is 0 Å². The Kier molecular flexibility index (Phi) is 2.44. The molecule has 88 valence electrons. The van der Waals surface area contributed by atoms with Crippen LogP contribution in [0, 0.1) is 17.8 Å². The molecule has 1 aliphatic heterocycles. The number of aliphatic carboxylic acids is 1. The van der Waals surface area contributed by atoms with E-state index in [0.29, 0.717) is 12.8 Å². The predicted molar refractivity (Wildman–Crippen MR) is 49.8 cm³/mol. The molecule has 3 atom stereocenters. The standard InChI is InChI=1S/C10H12FNO4/c1-4-2-5-6(3-4)9(14)12(8(5)13)7(11)10(15)16/h4-7H,2-3H2,1H3,(H,15,16). The van der Waals surface area contributed by atoms with Crippen LogP contribution in [0.2, 0.25) is 0 Å². The van der Waals surface area contributed by atoms with Crippen molar-refractivity contribution in [2.75, 3.05) is 0 Å². The minimum atomic E-state index is -2.54. The summed E-state index contributed by atoms with van der Waals surface area (Å²) in [4.78, 5) is 34.1. The van der Waals surface area contributed by atoms with Gasteiger partial charge in [0.15, 0.2) is 0 Å². The van der Waals surface area contributed by atoms with Crippen molar-refractivity contribution in [3.63, 3.8) is 0 Å². The highest BCUT2D eigenvalue weighted by Crippen LogP contribution is 2.43. The van der Waals surface area contributed by atoms with Crippen molar-refractivity contribution in [1.82, 2.24) is 4.90 Å². The quantitative estimate of drug-likeness (QED) is 0.549. The summed E-state index contributed by atoms with van der Waals surface area (Å²) in [6.07, 6.45) is -1.46. The number of carbonyl (C=O) groups excluding carboxylic acids is 2. The van der Waals surface area contributed by atoms with E-state index >= 15 is 0 Å². The van der Waals surface area contributed by atoms with Gasteiger partial charge in [0.25, 0.3) is 6.30 Å². The average molecular weight is 229 g/mol. The monoisotopic (exact) mass is 229 g/mol. The fraction of sp³-hybridized carbons (Fsp3) is 0.700. The Hall–Kier alpha value is -1.46. The molecule has 2 fully saturated rings. The lowest BCUT2D eigenvalue weighted by molar-refractivity contribution is -0.162. The Balaban J connectivity index is 2.24. The van der Waals surface area contributed by atoms with Gasteiger partial charge in [-0.1, -0.05) is 6.92 Å². The lowest BCUT2D eigenvalue weighted by Crippen LogP contribution is -2.43. The molecule has 0 aromatic heterocycles. The second-order valence-corrected chi connectivity index (χ2v) is 4.51. The Labute approximate surface area is 91.2 Å². The van der Waals surface area contributed by atoms with E-state index in [1.54, 1.807) is 0 Å². The summed E-state index contributed by atoms with van der Waals surface area (Å²) in [5.41, 5.74) is 0. The number of halogens is 1. The second-order valence-electron chi connectivity index (χ2n) is 4.51. The molecular formula is C10H12FNO4. The molecule has 3 unspecified atom stereocenters. The van der Waals surface area contributed by atoms with Crippen LogP contribution in [-0.2, 0) is 14.4 Å². The van der Waals surface area contributed by atoms with Crippen LogP contribution in [0.15, 0.2) is 0 Å². The maximum absolute atomic E-state index is 13.2. The number of alkyl halides is 1. The van der Waals surface area contributed by atoms with Crippen LogP contribution in [-0.4, -0.2) is 34.1 Å². The molecule has 0 bridgehead atoms. The van der Waals surface area contributed by atoms with E-state index in [1.807, 2.05) is 6.92 Å². The van der Waals surface area contributed by atoms with Gasteiger partial charge < -0.3 is 5.11 Å². The molecule has 2 aliphatic rings. The van der Waals surface area contributed by atoms with Gasteiger partial charge in [-0.2, -0.15) is 0 Å². The highest BCUT2D eigenvalue weighted by molar-refractivity contribution is 6.07. The molecule has 0 aromatic carbocycles. The first-order valence-electron chi connectivity index (χ1n) is 5.17. The van der Waals surface area contributed by atoms with Crippen LogP contribution in [0.1, 0.15) is 19.8 Å². The molecule has 0 aromatic rings. The zero-order valence-electron chi connectivity index (χ0n) is 8.72. The Bertz CT molecular complexity index is 346. The number of carbonyl (C=O) groups is 3. The van der Waals surface area contributed by atoms with Crippen LogP contribution in [0.25, 0.3) is 0 Å². The Morgan fingerprint density at radius 3 is 2.19 bits per heavy atom. The van der Waals surface area contributed by atoms with Gasteiger partial charge in [-0.15, -0.1) is 0 Å². The summed E-state index contributed by atoms with van der Waals surface area (Å²) in [6, 6.07) is 0. The van der Waals surface area contributed by atoms with Crippen LogP contribution < -0.4 is 0 Å². The van der Waals surface area contributed by atoms with Gasteiger partial charge >= 0.3 is 5.97 Å². The molecule has 0 spiro atoms. The fourth-order valence-corrected chi connectivity index (χ4v) is 2.64. The lowest BCUT2D eigenvalue weighted by atomic mass is 10.00. The number of likely N-dealkylation sites (tertiary alicyclic amines) is 1. The predicted octanol–water partition coefficient (Wildman–Crippen LogP) is 0.398. The normalized spacial score (nSPS) is 35.4. The average Bonchev–Trinajstić information content (AvgIpc) is 2.67. The van der Waals surface area contributed by atoms with Crippen molar-refractivity contribution < 1.29 is 23.9 Å². The Morgan fingerprint density at radius 2 is 1.81 bits per heavy atom. The first-order chi connectivity index (χ1) is 7.43. The van der Waals surface area contributed by atoms with Crippen molar-refractivity contribution in [2.24, 2.45) is 17.8 Å². The molecule has 1 saturated carbocycles. The topological polar surface area (TPSA) is 74.7 Å². The first-order valence-corrected chi connectivity index (χ1v) is 5.17. The summed E-state index contributed by atoms with van der Waals surface area (Å²) < 4.78 is 13.2. The van der Waals surface area contributed by atoms with E-state index in [0.717, 1.165) is 0 Å². The number of carboxylic acid groups (broad SMARTS) is 1. The Morgan fingerprint density at radius 1 is 1.38 bits per heavy atom. The van der Waals surface area contributed by atoms with Crippen LogP contribution in [0.4, 0.5) is 4.39 Å². The maximum Gasteiger partial charge on any atom is 0.360 e.